The first kappa shape index (κ1) is 27.6. The second-order valence-corrected chi connectivity index (χ2v) is 11.7. The van der Waals surface area contributed by atoms with Gasteiger partial charge in [-0.05, 0) is 88.0 Å². The Kier molecular flexibility index (Phi) is 6.89. The lowest BCUT2D eigenvalue weighted by Gasteiger charge is -2.21. The summed E-state index contributed by atoms with van der Waals surface area (Å²) in [5, 5.41) is 7.38. The fraction of sp³-hybridized carbons (Fsp3) is 0. The lowest BCUT2D eigenvalue weighted by atomic mass is 9.82. The molecule has 8 aromatic carbocycles. The van der Waals surface area contributed by atoms with Crippen molar-refractivity contribution in [1.82, 2.24) is 0 Å². The molecule has 46 heavy (non-hydrogen) atoms. The van der Waals surface area contributed by atoms with Gasteiger partial charge in [-0.15, -0.1) is 0 Å². The smallest absolute Gasteiger partial charge is 0.00204 e. The molecule has 0 nitrogen and oxygen atoms in total. The van der Waals surface area contributed by atoms with Crippen LogP contribution in [-0.2, 0) is 0 Å². The van der Waals surface area contributed by atoms with Crippen LogP contribution in [0.3, 0.4) is 0 Å². The van der Waals surface area contributed by atoms with Gasteiger partial charge in [-0.2, -0.15) is 0 Å². The summed E-state index contributed by atoms with van der Waals surface area (Å²) in [4.78, 5) is 0. The summed E-state index contributed by atoms with van der Waals surface area (Å²) in [6.07, 6.45) is 4.00. The van der Waals surface area contributed by atoms with E-state index in [9.17, 15) is 0 Å². The van der Waals surface area contributed by atoms with Crippen LogP contribution in [0.25, 0.3) is 89.0 Å². The molecule has 0 saturated carbocycles. The Labute approximate surface area is 270 Å². The van der Waals surface area contributed by atoms with Crippen LogP contribution in [0.2, 0.25) is 0 Å². The molecule has 0 atom stereocenters. The zero-order valence-electron chi connectivity index (χ0n) is 25.6. The Morgan fingerprint density at radius 2 is 0.761 bits per heavy atom. The highest BCUT2D eigenvalue weighted by molar-refractivity contribution is 6.15. The summed E-state index contributed by atoms with van der Waals surface area (Å²) in [6, 6.07) is 56.8. The highest BCUT2D eigenvalue weighted by Gasteiger charge is 2.20. The molecule has 0 aliphatic carbocycles. The Morgan fingerprint density at radius 3 is 1.39 bits per heavy atom. The van der Waals surface area contributed by atoms with Crippen LogP contribution in [0.15, 0.2) is 171 Å². The van der Waals surface area contributed by atoms with Gasteiger partial charge in [0, 0.05) is 0 Å². The van der Waals surface area contributed by atoms with E-state index < -0.39 is 0 Å². The van der Waals surface area contributed by atoms with Gasteiger partial charge in [-0.1, -0.05) is 183 Å². The normalized spacial score (nSPS) is 11.2. The van der Waals surface area contributed by atoms with Gasteiger partial charge in [0.15, 0.2) is 0 Å². The molecular weight excluding hydrogens is 553 g/mol. The third-order valence-corrected chi connectivity index (χ3v) is 9.26. The quantitative estimate of drug-likeness (QED) is 0.182. The molecule has 0 aliphatic rings. The number of hydrogen-bond donors (Lipinski definition) is 0. The van der Waals surface area contributed by atoms with Crippen LogP contribution in [0.1, 0.15) is 11.1 Å². The van der Waals surface area contributed by atoms with Gasteiger partial charge in [0.05, 0.1) is 0 Å². The standard InChI is InChI=1S/C46H32/c1-3-35-36(4-2)46(42-24-14-18-32-17-8-9-19-37(32)42)44-23-13-12-22-43(44)45(35)34-27-25-33(26-28-34)39-30-29-38(31-15-6-5-7-16-31)40-20-10-11-21-41(39)40/h3-30H,1-2H2. The van der Waals surface area contributed by atoms with E-state index in [1.807, 2.05) is 12.2 Å². The number of benzene rings is 8. The van der Waals surface area contributed by atoms with Crippen molar-refractivity contribution >= 4 is 44.5 Å². The minimum absolute atomic E-state index is 1.10. The molecule has 0 heteroatoms. The highest BCUT2D eigenvalue weighted by Crippen LogP contribution is 2.45. The lowest BCUT2D eigenvalue weighted by Crippen LogP contribution is -1.96. The van der Waals surface area contributed by atoms with Gasteiger partial charge in [-0.25, -0.2) is 0 Å². The second-order valence-electron chi connectivity index (χ2n) is 11.7. The van der Waals surface area contributed by atoms with Crippen LogP contribution >= 0.6 is 0 Å². The van der Waals surface area contributed by atoms with Crippen molar-refractivity contribution in [2.24, 2.45) is 0 Å². The molecule has 0 aromatic heterocycles. The first-order chi connectivity index (χ1) is 22.8. The molecular formula is C46H32. The van der Waals surface area contributed by atoms with E-state index in [0.717, 1.165) is 16.7 Å². The van der Waals surface area contributed by atoms with Crippen molar-refractivity contribution in [3.63, 3.8) is 0 Å². The number of fused-ring (bicyclic) bond motifs is 3. The van der Waals surface area contributed by atoms with Crippen LogP contribution in [0.4, 0.5) is 0 Å². The molecule has 216 valence electrons. The molecule has 0 radical (unpaired) electrons. The lowest BCUT2D eigenvalue weighted by molar-refractivity contribution is 1.58. The monoisotopic (exact) mass is 584 g/mol. The molecule has 0 fully saturated rings. The van der Waals surface area contributed by atoms with Gasteiger partial charge in [0.25, 0.3) is 0 Å². The summed E-state index contributed by atoms with van der Waals surface area (Å²) in [5.41, 5.74) is 11.9. The SMILES string of the molecule is C=Cc1c(C=C)c(-c2cccc3ccccc23)c2ccccc2c1-c1ccc(-c2ccc(-c3ccccc3)c3ccccc23)cc1. The molecule has 8 aromatic rings. The van der Waals surface area contributed by atoms with Crippen LogP contribution < -0.4 is 0 Å². The van der Waals surface area contributed by atoms with Gasteiger partial charge in [0.2, 0.25) is 0 Å². The van der Waals surface area contributed by atoms with Crippen molar-refractivity contribution in [1.29, 1.82) is 0 Å². The van der Waals surface area contributed by atoms with Crippen molar-refractivity contribution in [2.45, 2.75) is 0 Å². The average molecular weight is 585 g/mol. The Hall–Kier alpha value is -5.98. The third-order valence-electron chi connectivity index (χ3n) is 9.26. The maximum Gasteiger partial charge on any atom is -0.00204 e. The van der Waals surface area contributed by atoms with Gasteiger partial charge in [0.1, 0.15) is 0 Å². The summed E-state index contributed by atoms with van der Waals surface area (Å²) in [5.74, 6) is 0. The minimum atomic E-state index is 1.10. The van der Waals surface area contributed by atoms with Crippen molar-refractivity contribution in [3.8, 4) is 44.5 Å². The van der Waals surface area contributed by atoms with E-state index in [-0.39, 0.29) is 0 Å². The summed E-state index contributed by atoms with van der Waals surface area (Å²) < 4.78 is 0. The first-order valence-corrected chi connectivity index (χ1v) is 15.8. The highest BCUT2D eigenvalue weighted by atomic mass is 14.2. The fourth-order valence-electron chi connectivity index (χ4n) is 7.18. The largest absolute Gasteiger partial charge is 0.0984 e. The molecule has 0 heterocycles. The van der Waals surface area contributed by atoms with Gasteiger partial charge >= 0.3 is 0 Å². The first-order valence-electron chi connectivity index (χ1n) is 15.8. The summed E-state index contributed by atoms with van der Waals surface area (Å²) in [7, 11) is 0. The molecule has 0 spiro atoms. The van der Waals surface area contributed by atoms with Crippen molar-refractivity contribution in [2.75, 3.05) is 0 Å². The third kappa shape index (κ3) is 4.47. The number of rotatable bonds is 6. The molecule has 0 bridgehead atoms. The van der Waals surface area contributed by atoms with E-state index in [1.165, 1.54) is 71.3 Å². The van der Waals surface area contributed by atoms with Crippen molar-refractivity contribution in [3.05, 3.63) is 182 Å². The van der Waals surface area contributed by atoms with E-state index in [1.54, 1.807) is 0 Å². The zero-order chi connectivity index (χ0) is 31.0. The van der Waals surface area contributed by atoms with E-state index in [2.05, 4.69) is 171 Å². The number of hydrogen-bond acceptors (Lipinski definition) is 0. The maximum atomic E-state index is 4.31. The van der Waals surface area contributed by atoms with E-state index in [4.69, 9.17) is 0 Å². The molecule has 0 aliphatic heterocycles. The molecule has 0 unspecified atom stereocenters. The molecule has 0 N–H and O–H groups in total. The molecule has 0 amide bonds. The summed E-state index contributed by atoms with van der Waals surface area (Å²) in [6.45, 7) is 8.63. The van der Waals surface area contributed by atoms with Crippen molar-refractivity contribution < 1.29 is 0 Å². The zero-order valence-corrected chi connectivity index (χ0v) is 25.6. The predicted octanol–water partition coefficient (Wildman–Crippen LogP) is 13.1. The summed E-state index contributed by atoms with van der Waals surface area (Å²) >= 11 is 0. The van der Waals surface area contributed by atoms with Crippen LogP contribution in [0.5, 0.6) is 0 Å². The fourth-order valence-corrected chi connectivity index (χ4v) is 7.18. The molecule has 8 rings (SSSR count). The topological polar surface area (TPSA) is 0 Å². The maximum absolute atomic E-state index is 4.31. The Bertz CT molecular complexity index is 2420. The second kappa shape index (κ2) is 11.5. The average Bonchev–Trinajstić information content (AvgIpc) is 3.13. The van der Waals surface area contributed by atoms with Gasteiger partial charge < -0.3 is 0 Å². The Balaban J connectivity index is 1.31. The minimum Gasteiger partial charge on any atom is -0.0984 e. The van der Waals surface area contributed by atoms with Gasteiger partial charge in [-0.3, -0.25) is 0 Å². The van der Waals surface area contributed by atoms with Crippen LogP contribution in [0, 0.1) is 0 Å². The molecule has 0 saturated heterocycles. The van der Waals surface area contributed by atoms with Crippen LogP contribution in [-0.4, -0.2) is 0 Å². The Morgan fingerprint density at radius 1 is 0.304 bits per heavy atom. The predicted molar refractivity (Wildman–Crippen MR) is 201 cm³/mol. The van der Waals surface area contributed by atoms with E-state index in [0.29, 0.717) is 0 Å². The van der Waals surface area contributed by atoms with E-state index >= 15 is 0 Å².